The Morgan fingerprint density at radius 3 is 2.56 bits per heavy atom. The van der Waals surface area contributed by atoms with Gasteiger partial charge in [0, 0.05) is 58.4 Å². The van der Waals surface area contributed by atoms with Crippen LogP contribution in [-0.2, 0) is 13.1 Å². The van der Waals surface area contributed by atoms with Crippen LogP contribution in [0.2, 0.25) is 0 Å². The van der Waals surface area contributed by atoms with Crippen molar-refractivity contribution in [3.63, 3.8) is 0 Å². The van der Waals surface area contributed by atoms with Crippen LogP contribution in [-0.4, -0.2) is 58.6 Å². The van der Waals surface area contributed by atoms with E-state index in [9.17, 15) is 0 Å². The second-order valence-electron chi connectivity index (χ2n) is 6.95. The van der Waals surface area contributed by atoms with Crippen LogP contribution in [0.5, 0.6) is 0 Å². The molecule has 0 aromatic carbocycles. The molecule has 2 aromatic heterocycles. The maximum atomic E-state index is 4.48. The fourth-order valence-electron chi connectivity index (χ4n) is 3.25. The number of piperazine rings is 1. The Hall–Kier alpha value is -1.84. The second-order valence-corrected chi connectivity index (χ2v) is 6.95. The molecule has 1 aliphatic heterocycles. The van der Waals surface area contributed by atoms with Crippen LogP contribution in [0.1, 0.15) is 19.7 Å². The minimum Gasteiger partial charge on any atom is -0.353 e. The van der Waals surface area contributed by atoms with E-state index in [2.05, 4.69) is 54.6 Å². The Balaban J connectivity index is 0.00000261. The Bertz CT molecular complexity index is 706. The first kappa shape index (κ1) is 21.5. The Morgan fingerprint density at radius 2 is 1.93 bits per heavy atom. The number of halogens is 1. The lowest BCUT2D eigenvalue weighted by Crippen LogP contribution is -2.52. The van der Waals surface area contributed by atoms with Crippen LogP contribution in [0.3, 0.4) is 0 Å². The summed E-state index contributed by atoms with van der Waals surface area (Å²) in [6.07, 6.45) is 5.76. The predicted octanol–water partition coefficient (Wildman–Crippen LogP) is 2.45. The van der Waals surface area contributed by atoms with Gasteiger partial charge in [-0.25, -0.2) is 9.97 Å². The molecular weight excluding hydrogens is 453 g/mol. The average molecular weight is 483 g/mol. The van der Waals surface area contributed by atoms with Gasteiger partial charge in [-0.05, 0) is 18.1 Å². The van der Waals surface area contributed by atoms with Crippen molar-refractivity contribution in [2.75, 3.05) is 38.1 Å². The Morgan fingerprint density at radius 1 is 1.15 bits per heavy atom. The van der Waals surface area contributed by atoms with E-state index in [-0.39, 0.29) is 24.0 Å². The molecule has 7 nitrogen and oxygen atoms in total. The van der Waals surface area contributed by atoms with Gasteiger partial charge in [0.1, 0.15) is 11.6 Å². The molecule has 1 aliphatic rings. The summed E-state index contributed by atoms with van der Waals surface area (Å²) in [5.74, 6) is 3.63. The van der Waals surface area contributed by atoms with E-state index < -0.39 is 0 Å². The van der Waals surface area contributed by atoms with Gasteiger partial charge in [0.15, 0.2) is 5.96 Å². The van der Waals surface area contributed by atoms with Gasteiger partial charge in [0.25, 0.3) is 0 Å². The third-order valence-electron chi connectivity index (χ3n) is 4.53. The highest BCUT2D eigenvalue weighted by Crippen LogP contribution is 2.12. The number of pyridine rings is 1. The summed E-state index contributed by atoms with van der Waals surface area (Å²) < 4.78 is 2.21. The van der Waals surface area contributed by atoms with Crippen molar-refractivity contribution in [2.45, 2.75) is 26.9 Å². The quantitative estimate of drug-likeness (QED) is 0.402. The van der Waals surface area contributed by atoms with E-state index in [0.29, 0.717) is 12.5 Å². The number of aliphatic imine (C=N–C) groups is 1. The van der Waals surface area contributed by atoms with Crippen LogP contribution < -0.4 is 10.2 Å². The molecule has 0 amide bonds. The number of aromatic nitrogens is 3. The van der Waals surface area contributed by atoms with Crippen molar-refractivity contribution in [2.24, 2.45) is 10.9 Å². The lowest BCUT2D eigenvalue weighted by Gasteiger charge is -2.37. The molecule has 0 unspecified atom stereocenters. The molecule has 0 aliphatic carbocycles. The monoisotopic (exact) mass is 483 g/mol. The maximum Gasteiger partial charge on any atom is 0.194 e. The first-order valence-electron chi connectivity index (χ1n) is 9.29. The molecule has 3 heterocycles. The Labute approximate surface area is 178 Å². The molecular formula is C19H30IN7. The van der Waals surface area contributed by atoms with Crippen LogP contribution in [0.4, 0.5) is 5.82 Å². The molecule has 2 aromatic rings. The standard InChI is InChI=1S/C19H29N7.HI/c1-16(2)15-26-9-8-22-18(26)14-23-19(20-3)25-12-10-24(11-13-25)17-6-4-5-7-21-17;/h4-9,16H,10-15H2,1-3H3,(H,20,23);1H. The summed E-state index contributed by atoms with van der Waals surface area (Å²) in [5.41, 5.74) is 0. The van der Waals surface area contributed by atoms with E-state index in [0.717, 1.165) is 50.3 Å². The number of guanidine groups is 1. The highest BCUT2D eigenvalue weighted by Gasteiger charge is 2.20. The molecule has 27 heavy (non-hydrogen) atoms. The number of rotatable bonds is 5. The normalized spacial score (nSPS) is 15.0. The fourth-order valence-corrected chi connectivity index (χ4v) is 3.25. The third kappa shape index (κ3) is 5.82. The van der Waals surface area contributed by atoms with Gasteiger partial charge in [-0.2, -0.15) is 0 Å². The van der Waals surface area contributed by atoms with Crippen molar-refractivity contribution >= 4 is 35.8 Å². The lowest BCUT2D eigenvalue weighted by atomic mass is 10.2. The van der Waals surface area contributed by atoms with Crippen LogP contribution in [0, 0.1) is 5.92 Å². The van der Waals surface area contributed by atoms with Crippen molar-refractivity contribution < 1.29 is 0 Å². The van der Waals surface area contributed by atoms with Gasteiger partial charge in [0.2, 0.25) is 0 Å². The summed E-state index contributed by atoms with van der Waals surface area (Å²) in [6, 6.07) is 6.06. The van der Waals surface area contributed by atoms with E-state index in [1.807, 2.05) is 37.8 Å². The Kier molecular flexibility index (Phi) is 8.33. The largest absolute Gasteiger partial charge is 0.353 e. The molecule has 0 bridgehead atoms. The summed E-state index contributed by atoms with van der Waals surface area (Å²) in [4.78, 5) is 18.0. The van der Waals surface area contributed by atoms with Gasteiger partial charge in [0.05, 0.1) is 6.54 Å². The molecule has 3 rings (SSSR count). The van der Waals surface area contributed by atoms with E-state index in [4.69, 9.17) is 0 Å². The average Bonchev–Trinajstić information content (AvgIpc) is 3.10. The smallest absolute Gasteiger partial charge is 0.194 e. The molecule has 0 radical (unpaired) electrons. The summed E-state index contributed by atoms with van der Waals surface area (Å²) in [7, 11) is 1.84. The number of hydrogen-bond acceptors (Lipinski definition) is 4. The minimum absolute atomic E-state index is 0. The number of nitrogens with one attached hydrogen (secondary N) is 1. The van der Waals surface area contributed by atoms with Crippen molar-refractivity contribution in [1.29, 1.82) is 0 Å². The van der Waals surface area contributed by atoms with Crippen molar-refractivity contribution in [3.8, 4) is 0 Å². The maximum absolute atomic E-state index is 4.48. The van der Waals surface area contributed by atoms with Crippen LogP contribution in [0.15, 0.2) is 41.8 Å². The first-order valence-corrected chi connectivity index (χ1v) is 9.29. The number of anilines is 1. The minimum atomic E-state index is 0. The number of imidazole rings is 1. The SMILES string of the molecule is CN=C(NCc1nccn1CC(C)C)N1CCN(c2ccccn2)CC1.I. The molecule has 1 fully saturated rings. The summed E-state index contributed by atoms with van der Waals surface area (Å²) >= 11 is 0. The molecule has 0 saturated carbocycles. The van der Waals surface area contributed by atoms with Gasteiger partial charge >= 0.3 is 0 Å². The zero-order valence-corrected chi connectivity index (χ0v) is 18.7. The lowest BCUT2D eigenvalue weighted by molar-refractivity contribution is 0.370. The molecule has 1 N–H and O–H groups in total. The van der Waals surface area contributed by atoms with Crippen LogP contribution in [0.25, 0.3) is 0 Å². The molecule has 1 saturated heterocycles. The predicted molar refractivity (Wildman–Crippen MR) is 121 cm³/mol. The summed E-state index contributed by atoms with van der Waals surface area (Å²) in [5, 5.41) is 3.47. The highest BCUT2D eigenvalue weighted by atomic mass is 127. The zero-order chi connectivity index (χ0) is 18.4. The molecule has 8 heteroatoms. The third-order valence-corrected chi connectivity index (χ3v) is 4.53. The molecule has 148 valence electrons. The summed E-state index contributed by atoms with van der Waals surface area (Å²) in [6.45, 7) is 9.85. The second kappa shape index (κ2) is 10.5. The number of hydrogen-bond donors (Lipinski definition) is 1. The molecule has 0 atom stereocenters. The van der Waals surface area contributed by atoms with Gasteiger partial charge in [-0.1, -0.05) is 19.9 Å². The van der Waals surface area contributed by atoms with Crippen LogP contribution >= 0.6 is 24.0 Å². The number of nitrogens with zero attached hydrogens (tertiary/aromatic N) is 6. The first-order chi connectivity index (χ1) is 12.7. The van der Waals surface area contributed by atoms with Gasteiger partial charge < -0.3 is 19.7 Å². The van der Waals surface area contributed by atoms with E-state index >= 15 is 0 Å². The van der Waals surface area contributed by atoms with Gasteiger partial charge in [-0.15, -0.1) is 24.0 Å². The highest BCUT2D eigenvalue weighted by molar-refractivity contribution is 14.0. The zero-order valence-electron chi connectivity index (χ0n) is 16.4. The van der Waals surface area contributed by atoms with Gasteiger partial charge in [-0.3, -0.25) is 4.99 Å². The van der Waals surface area contributed by atoms with E-state index in [1.165, 1.54) is 0 Å². The molecule has 0 spiro atoms. The van der Waals surface area contributed by atoms with Crippen molar-refractivity contribution in [1.82, 2.24) is 24.8 Å². The van der Waals surface area contributed by atoms with E-state index in [1.54, 1.807) is 0 Å². The topological polar surface area (TPSA) is 61.6 Å². The fraction of sp³-hybridized carbons (Fsp3) is 0.526. The van der Waals surface area contributed by atoms with Crippen molar-refractivity contribution in [3.05, 3.63) is 42.6 Å².